The standard InChI is InChI=1S/C26H20FN2O.C15H18NSi.Ir/c1-16-13-23-24(25(29-16)26(2,3)18-7-5-4-6-8-18)20-14-17(9-10-22(20)30-23)21-15-19(27)11-12-28-21;1-12-5-7-13(8-6-12)15-10-9-14(11-16-15)17(2,3)4;/h4-8,10-15H,1-3H3;5-7,9-11H,1-4H3;/q2*-1;. The molecule has 48 heavy (non-hydrogen) atoms. The molecule has 0 saturated carbocycles. The van der Waals surface area contributed by atoms with Crippen molar-refractivity contribution in [3.63, 3.8) is 0 Å². The number of hydrogen-bond donors (Lipinski definition) is 0. The summed E-state index contributed by atoms with van der Waals surface area (Å²) in [6.45, 7) is 15.4. The molecule has 0 saturated heterocycles. The number of benzene rings is 3. The van der Waals surface area contributed by atoms with E-state index >= 15 is 0 Å². The van der Waals surface area contributed by atoms with E-state index < -0.39 is 8.07 Å². The van der Waals surface area contributed by atoms with Crippen LogP contribution < -0.4 is 5.19 Å². The van der Waals surface area contributed by atoms with E-state index in [-0.39, 0.29) is 31.3 Å². The Morgan fingerprint density at radius 3 is 2.17 bits per heavy atom. The fourth-order valence-corrected chi connectivity index (χ4v) is 6.70. The Hall–Kier alpha value is -4.29. The number of pyridine rings is 3. The molecule has 0 amide bonds. The summed E-state index contributed by atoms with van der Waals surface area (Å²) in [6.07, 6.45) is 3.49. The summed E-state index contributed by atoms with van der Waals surface area (Å²) in [5, 5.41) is 3.29. The predicted octanol–water partition coefficient (Wildman–Crippen LogP) is 10.0. The van der Waals surface area contributed by atoms with E-state index in [0.717, 1.165) is 44.6 Å². The second kappa shape index (κ2) is 14.1. The van der Waals surface area contributed by atoms with E-state index in [1.54, 1.807) is 6.07 Å². The van der Waals surface area contributed by atoms with E-state index in [0.29, 0.717) is 11.3 Å². The van der Waals surface area contributed by atoms with Crippen LogP contribution in [0.3, 0.4) is 0 Å². The molecule has 0 unspecified atom stereocenters. The van der Waals surface area contributed by atoms with Gasteiger partial charge in [-0.25, -0.2) is 4.39 Å². The Morgan fingerprint density at radius 1 is 0.771 bits per heavy atom. The van der Waals surface area contributed by atoms with Crippen LogP contribution in [0.25, 0.3) is 44.5 Å². The number of rotatable bonds is 5. The Bertz CT molecular complexity index is 2170. The zero-order valence-corrected chi connectivity index (χ0v) is 31.7. The fraction of sp³-hybridized carbons (Fsp3) is 0.195. The number of halogens is 1. The van der Waals surface area contributed by atoms with Crippen molar-refractivity contribution in [2.45, 2.75) is 52.8 Å². The van der Waals surface area contributed by atoms with Crippen LogP contribution in [0, 0.1) is 31.8 Å². The van der Waals surface area contributed by atoms with Crippen LogP contribution in [0.2, 0.25) is 19.6 Å². The molecule has 4 heterocycles. The first kappa shape index (κ1) is 35.0. The molecule has 4 nitrogen and oxygen atoms in total. The van der Waals surface area contributed by atoms with Crippen molar-refractivity contribution < 1.29 is 28.9 Å². The second-order valence-electron chi connectivity index (χ2n) is 13.5. The second-order valence-corrected chi connectivity index (χ2v) is 18.6. The molecule has 4 aromatic heterocycles. The van der Waals surface area contributed by atoms with Crippen LogP contribution in [-0.2, 0) is 25.5 Å². The number of aromatic nitrogens is 3. The molecule has 0 aliphatic rings. The van der Waals surface area contributed by atoms with E-state index in [1.165, 1.54) is 34.6 Å². The minimum absolute atomic E-state index is 0. The van der Waals surface area contributed by atoms with Gasteiger partial charge in [-0.1, -0.05) is 88.3 Å². The molecule has 3 aromatic carbocycles. The van der Waals surface area contributed by atoms with Crippen LogP contribution in [0.15, 0.2) is 108 Å². The first-order valence-electron chi connectivity index (χ1n) is 15.8. The summed E-state index contributed by atoms with van der Waals surface area (Å²) in [6, 6.07) is 35.7. The zero-order valence-electron chi connectivity index (χ0n) is 28.3. The predicted molar refractivity (Wildman–Crippen MR) is 193 cm³/mol. The topological polar surface area (TPSA) is 51.8 Å². The monoisotopic (exact) mass is 828 g/mol. The first-order valence-corrected chi connectivity index (χ1v) is 19.3. The number of nitrogens with zero attached hydrogens (tertiary/aromatic N) is 3. The summed E-state index contributed by atoms with van der Waals surface area (Å²) >= 11 is 0. The van der Waals surface area contributed by atoms with E-state index in [1.807, 2.05) is 49.5 Å². The van der Waals surface area contributed by atoms with Gasteiger partial charge in [-0.05, 0) is 41.2 Å². The van der Waals surface area contributed by atoms with E-state index in [2.05, 4.69) is 98.9 Å². The quantitative estimate of drug-likeness (QED) is 0.128. The molecular formula is C41H38FIrN3OSi-2. The van der Waals surface area contributed by atoms with E-state index in [4.69, 9.17) is 9.40 Å². The Labute approximate surface area is 296 Å². The third kappa shape index (κ3) is 7.39. The molecular weight excluding hydrogens is 790 g/mol. The normalized spacial score (nSPS) is 11.6. The van der Waals surface area contributed by atoms with Crippen molar-refractivity contribution in [2.75, 3.05) is 0 Å². The summed E-state index contributed by atoms with van der Waals surface area (Å²) in [5.41, 5.74) is 8.76. The third-order valence-electron chi connectivity index (χ3n) is 8.47. The SMILES string of the molecule is Cc1c[c-]c(-c2ccc([Si](C)(C)C)cn2)cc1.Cc1cc2oc3c[c-]c(-c4cc(F)ccn4)cc3c2c(C(C)(C)c2ccccc2)n1.[Ir]. The van der Waals surface area contributed by atoms with Gasteiger partial charge in [0, 0.05) is 55.1 Å². The van der Waals surface area contributed by atoms with Crippen molar-refractivity contribution in [3.05, 3.63) is 144 Å². The number of aryl methyl sites for hydroxylation is 2. The summed E-state index contributed by atoms with van der Waals surface area (Å²) in [5.74, 6) is -0.325. The van der Waals surface area contributed by atoms with Crippen LogP contribution in [0.1, 0.15) is 36.4 Å². The minimum Gasteiger partial charge on any atom is -0.500 e. The van der Waals surface area contributed by atoms with Gasteiger partial charge in [0.25, 0.3) is 0 Å². The smallest absolute Gasteiger partial charge is 0.124 e. The average molecular weight is 828 g/mol. The van der Waals surface area contributed by atoms with Crippen molar-refractivity contribution >= 4 is 35.2 Å². The maximum atomic E-state index is 13.7. The molecule has 0 aliphatic heterocycles. The van der Waals surface area contributed by atoms with Gasteiger partial charge in [0.2, 0.25) is 0 Å². The largest absolute Gasteiger partial charge is 0.500 e. The van der Waals surface area contributed by atoms with Crippen molar-refractivity contribution in [2.24, 2.45) is 0 Å². The number of hydrogen-bond acceptors (Lipinski definition) is 4. The van der Waals surface area contributed by atoms with Crippen LogP contribution in [0.4, 0.5) is 4.39 Å². The van der Waals surface area contributed by atoms with Crippen LogP contribution >= 0.6 is 0 Å². The van der Waals surface area contributed by atoms with Gasteiger partial charge in [0.1, 0.15) is 11.4 Å². The molecule has 1 radical (unpaired) electrons. The fourth-order valence-electron chi connectivity index (χ4n) is 5.66. The van der Waals surface area contributed by atoms with Gasteiger partial charge in [0.15, 0.2) is 0 Å². The minimum atomic E-state index is -1.24. The molecule has 0 spiro atoms. The maximum Gasteiger partial charge on any atom is 0.124 e. The molecule has 0 bridgehead atoms. The summed E-state index contributed by atoms with van der Waals surface area (Å²) in [4.78, 5) is 13.8. The summed E-state index contributed by atoms with van der Waals surface area (Å²) < 4.78 is 19.9. The van der Waals surface area contributed by atoms with Gasteiger partial charge in [-0.15, -0.1) is 59.2 Å². The van der Waals surface area contributed by atoms with Gasteiger partial charge in [-0.3, -0.25) is 4.98 Å². The molecule has 0 aliphatic carbocycles. The van der Waals surface area contributed by atoms with Gasteiger partial charge < -0.3 is 14.4 Å². The zero-order chi connectivity index (χ0) is 33.3. The first-order chi connectivity index (χ1) is 22.4. The van der Waals surface area contributed by atoms with Crippen LogP contribution in [0.5, 0.6) is 0 Å². The molecule has 7 heteroatoms. The van der Waals surface area contributed by atoms with Crippen LogP contribution in [-0.4, -0.2) is 23.0 Å². The van der Waals surface area contributed by atoms with Crippen molar-refractivity contribution in [3.8, 4) is 22.5 Å². The number of fused-ring (bicyclic) bond motifs is 3. The van der Waals surface area contributed by atoms with E-state index in [9.17, 15) is 4.39 Å². The Morgan fingerprint density at radius 2 is 1.52 bits per heavy atom. The average Bonchev–Trinajstić information content (AvgIpc) is 3.42. The summed E-state index contributed by atoms with van der Waals surface area (Å²) in [7, 11) is -1.24. The molecule has 0 fully saturated rings. The Balaban J connectivity index is 0.000000214. The molecule has 7 aromatic rings. The van der Waals surface area contributed by atoms with Gasteiger partial charge in [-0.2, -0.15) is 0 Å². The molecule has 245 valence electrons. The Kier molecular flexibility index (Phi) is 10.3. The van der Waals surface area contributed by atoms with Crippen molar-refractivity contribution in [1.29, 1.82) is 0 Å². The van der Waals surface area contributed by atoms with Gasteiger partial charge >= 0.3 is 0 Å². The van der Waals surface area contributed by atoms with Gasteiger partial charge in [0.05, 0.1) is 19.4 Å². The molecule has 0 atom stereocenters. The molecule has 0 N–H and O–H groups in total. The molecule has 7 rings (SSSR count). The van der Waals surface area contributed by atoms with Crippen molar-refractivity contribution in [1.82, 2.24) is 15.0 Å². The third-order valence-corrected chi connectivity index (χ3v) is 10.5. The maximum absolute atomic E-state index is 13.7. The number of furan rings is 1.